The fourth-order valence-corrected chi connectivity index (χ4v) is 1.85. The number of carbonyl (C=O) groups is 1. The van der Waals surface area contributed by atoms with Crippen molar-refractivity contribution in [3.05, 3.63) is 30.6 Å². The number of rotatable bonds is 8. The number of benzene rings is 1. The van der Waals surface area contributed by atoms with Crippen molar-refractivity contribution >= 4 is 11.7 Å². The quantitative estimate of drug-likeness (QED) is 0.724. The van der Waals surface area contributed by atoms with Gasteiger partial charge in [-0.05, 0) is 47.0 Å². The lowest BCUT2D eigenvalue weighted by molar-refractivity contribution is 0.108. The number of hydrogen-bond acceptors (Lipinski definition) is 5. The third kappa shape index (κ3) is 6.03. The van der Waals surface area contributed by atoms with Gasteiger partial charge in [-0.25, -0.2) is 9.48 Å². The smallest absolute Gasteiger partial charge is 0.319 e. The van der Waals surface area contributed by atoms with Crippen molar-refractivity contribution < 1.29 is 9.53 Å². The van der Waals surface area contributed by atoms with E-state index < -0.39 is 0 Å². The summed E-state index contributed by atoms with van der Waals surface area (Å²) >= 11 is 0. The molecule has 0 radical (unpaired) electrons. The van der Waals surface area contributed by atoms with E-state index in [0.29, 0.717) is 24.8 Å². The molecule has 0 bridgehead atoms. The van der Waals surface area contributed by atoms with Gasteiger partial charge in [-0.2, -0.15) is 0 Å². The molecule has 2 N–H and O–H groups in total. The zero-order chi connectivity index (χ0) is 16.5. The molecule has 0 spiro atoms. The SMILES string of the molecule is CC(C)COCCCNC(=O)Nc1ccc(-n2cnnn2)cc1. The van der Waals surface area contributed by atoms with Crippen LogP contribution < -0.4 is 10.6 Å². The Labute approximate surface area is 135 Å². The van der Waals surface area contributed by atoms with Crippen molar-refractivity contribution in [1.29, 1.82) is 0 Å². The van der Waals surface area contributed by atoms with E-state index in [-0.39, 0.29) is 6.03 Å². The number of anilines is 1. The van der Waals surface area contributed by atoms with E-state index in [2.05, 4.69) is 40.0 Å². The maximum atomic E-state index is 11.8. The van der Waals surface area contributed by atoms with Gasteiger partial charge in [0.25, 0.3) is 0 Å². The zero-order valence-electron chi connectivity index (χ0n) is 13.4. The third-order valence-electron chi connectivity index (χ3n) is 2.94. The Morgan fingerprint density at radius 3 is 2.74 bits per heavy atom. The van der Waals surface area contributed by atoms with E-state index in [1.54, 1.807) is 16.8 Å². The van der Waals surface area contributed by atoms with Crippen molar-refractivity contribution in [2.24, 2.45) is 5.92 Å². The number of carbonyl (C=O) groups excluding carboxylic acids is 1. The number of urea groups is 1. The number of aromatic nitrogens is 4. The summed E-state index contributed by atoms with van der Waals surface area (Å²) in [5, 5.41) is 16.5. The molecule has 1 aromatic heterocycles. The summed E-state index contributed by atoms with van der Waals surface area (Å²) in [6, 6.07) is 7.01. The van der Waals surface area contributed by atoms with Crippen LogP contribution >= 0.6 is 0 Å². The molecule has 0 saturated carbocycles. The van der Waals surface area contributed by atoms with E-state index >= 15 is 0 Å². The number of tetrazole rings is 1. The topological polar surface area (TPSA) is 94.0 Å². The second kappa shape index (κ2) is 8.84. The van der Waals surface area contributed by atoms with Crippen LogP contribution in [0.1, 0.15) is 20.3 Å². The standard InChI is InChI=1S/C15H22N6O2/c1-12(2)10-23-9-3-8-16-15(22)18-13-4-6-14(7-5-13)21-11-17-19-20-21/h4-7,11-12H,3,8-10H2,1-2H3,(H2,16,18,22). The Morgan fingerprint density at radius 1 is 1.30 bits per heavy atom. The summed E-state index contributed by atoms with van der Waals surface area (Å²) in [5.74, 6) is 0.530. The molecule has 0 fully saturated rings. The molecule has 1 heterocycles. The minimum absolute atomic E-state index is 0.232. The molecule has 0 aliphatic heterocycles. The molecule has 0 saturated heterocycles. The number of ether oxygens (including phenoxy) is 1. The van der Waals surface area contributed by atoms with Gasteiger partial charge < -0.3 is 15.4 Å². The van der Waals surface area contributed by atoms with Gasteiger partial charge in [-0.3, -0.25) is 0 Å². The van der Waals surface area contributed by atoms with Crippen molar-refractivity contribution in [1.82, 2.24) is 25.5 Å². The number of hydrogen-bond donors (Lipinski definition) is 2. The van der Waals surface area contributed by atoms with Crippen LogP contribution in [0.5, 0.6) is 0 Å². The molecule has 0 aliphatic rings. The van der Waals surface area contributed by atoms with Crippen LogP contribution in [0.25, 0.3) is 5.69 Å². The highest BCUT2D eigenvalue weighted by molar-refractivity contribution is 5.89. The Bertz CT molecular complexity index is 583. The minimum Gasteiger partial charge on any atom is -0.381 e. The van der Waals surface area contributed by atoms with Gasteiger partial charge in [0.15, 0.2) is 0 Å². The molecular formula is C15H22N6O2. The van der Waals surface area contributed by atoms with E-state index in [1.807, 2.05) is 12.1 Å². The molecular weight excluding hydrogens is 296 g/mol. The first-order valence-corrected chi connectivity index (χ1v) is 7.61. The summed E-state index contributed by atoms with van der Waals surface area (Å²) in [4.78, 5) is 11.8. The van der Waals surface area contributed by atoms with Crippen molar-refractivity contribution in [2.45, 2.75) is 20.3 Å². The second-order valence-electron chi connectivity index (χ2n) is 5.50. The molecule has 8 heteroatoms. The van der Waals surface area contributed by atoms with E-state index in [1.165, 1.54) is 6.33 Å². The predicted molar refractivity (Wildman–Crippen MR) is 86.4 cm³/mol. The van der Waals surface area contributed by atoms with Gasteiger partial charge in [0.1, 0.15) is 6.33 Å². The van der Waals surface area contributed by atoms with Crippen LogP contribution in [0.4, 0.5) is 10.5 Å². The third-order valence-corrected chi connectivity index (χ3v) is 2.94. The molecule has 2 amide bonds. The molecule has 1 aromatic carbocycles. The molecule has 0 aliphatic carbocycles. The molecule has 2 aromatic rings. The minimum atomic E-state index is -0.232. The van der Waals surface area contributed by atoms with Crippen LogP contribution in [-0.2, 0) is 4.74 Å². The molecule has 23 heavy (non-hydrogen) atoms. The normalized spacial score (nSPS) is 10.7. The number of nitrogens with zero attached hydrogens (tertiary/aromatic N) is 4. The predicted octanol–water partition coefficient (Wildman–Crippen LogP) is 1.85. The van der Waals surface area contributed by atoms with Crippen molar-refractivity contribution in [3.8, 4) is 5.69 Å². The van der Waals surface area contributed by atoms with E-state index in [4.69, 9.17) is 4.74 Å². The lowest BCUT2D eigenvalue weighted by Gasteiger charge is -2.09. The molecule has 124 valence electrons. The van der Waals surface area contributed by atoms with Crippen LogP contribution in [0, 0.1) is 5.92 Å². The van der Waals surface area contributed by atoms with Crippen molar-refractivity contribution in [3.63, 3.8) is 0 Å². The lowest BCUT2D eigenvalue weighted by Crippen LogP contribution is -2.30. The van der Waals surface area contributed by atoms with Gasteiger partial charge in [-0.1, -0.05) is 13.8 Å². The first-order valence-electron chi connectivity index (χ1n) is 7.61. The number of nitrogens with one attached hydrogen (secondary N) is 2. The van der Waals surface area contributed by atoms with E-state index in [9.17, 15) is 4.79 Å². The Hall–Kier alpha value is -2.48. The van der Waals surface area contributed by atoms with Gasteiger partial charge in [0, 0.05) is 25.4 Å². The van der Waals surface area contributed by atoms with Gasteiger partial charge in [0.05, 0.1) is 5.69 Å². The molecule has 0 unspecified atom stereocenters. The average molecular weight is 318 g/mol. The van der Waals surface area contributed by atoms with Crippen LogP contribution in [-0.4, -0.2) is 46.0 Å². The monoisotopic (exact) mass is 318 g/mol. The Morgan fingerprint density at radius 2 is 2.09 bits per heavy atom. The maximum Gasteiger partial charge on any atom is 0.319 e. The summed E-state index contributed by atoms with van der Waals surface area (Å²) < 4.78 is 7.00. The summed E-state index contributed by atoms with van der Waals surface area (Å²) in [5.41, 5.74) is 1.53. The molecule has 8 nitrogen and oxygen atoms in total. The van der Waals surface area contributed by atoms with Gasteiger partial charge in [0.2, 0.25) is 0 Å². The largest absolute Gasteiger partial charge is 0.381 e. The van der Waals surface area contributed by atoms with Crippen LogP contribution in [0.15, 0.2) is 30.6 Å². The zero-order valence-corrected chi connectivity index (χ0v) is 13.4. The average Bonchev–Trinajstić information content (AvgIpc) is 3.05. The van der Waals surface area contributed by atoms with Gasteiger partial charge in [-0.15, -0.1) is 5.10 Å². The first kappa shape index (κ1) is 16.9. The first-order chi connectivity index (χ1) is 11.1. The number of amides is 2. The highest BCUT2D eigenvalue weighted by atomic mass is 16.5. The fraction of sp³-hybridized carbons (Fsp3) is 0.467. The maximum absolute atomic E-state index is 11.8. The Balaban J connectivity index is 1.67. The Kier molecular flexibility index (Phi) is 6.49. The van der Waals surface area contributed by atoms with Crippen LogP contribution in [0.3, 0.4) is 0 Å². The lowest BCUT2D eigenvalue weighted by atomic mass is 10.2. The summed E-state index contributed by atoms with van der Waals surface area (Å²) in [7, 11) is 0. The summed E-state index contributed by atoms with van der Waals surface area (Å²) in [6.45, 7) is 6.19. The van der Waals surface area contributed by atoms with Crippen LogP contribution in [0.2, 0.25) is 0 Å². The fourth-order valence-electron chi connectivity index (χ4n) is 1.85. The van der Waals surface area contributed by atoms with E-state index in [0.717, 1.165) is 18.7 Å². The van der Waals surface area contributed by atoms with Crippen molar-refractivity contribution in [2.75, 3.05) is 25.1 Å². The second-order valence-corrected chi connectivity index (χ2v) is 5.50. The van der Waals surface area contributed by atoms with Gasteiger partial charge >= 0.3 is 6.03 Å². The highest BCUT2D eigenvalue weighted by Gasteiger charge is 2.02. The molecule has 0 atom stereocenters. The highest BCUT2D eigenvalue weighted by Crippen LogP contribution is 2.11. The molecule has 2 rings (SSSR count). The summed E-state index contributed by atoms with van der Waals surface area (Å²) in [6.07, 6.45) is 2.30.